The molecule has 2 amide bonds. The Labute approximate surface area is 96.8 Å². The Morgan fingerprint density at radius 3 is 3.00 bits per heavy atom. The zero-order chi connectivity index (χ0) is 11.7. The van der Waals surface area contributed by atoms with Gasteiger partial charge in [0.15, 0.2) is 0 Å². The predicted molar refractivity (Wildman–Crippen MR) is 58.2 cm³/mol. The number of aryl methyl sites for hydroxylation is 1. The number of hydrogen-bond acceptors (Lipinski definition) is 5. The molecule has 1 aromatic rings. The largest absolute Gasteiger partial charge is 0.353 e. The fourth-order valence-corrected chi connectivity index (χ4v) is 2.23. The fourth-order valence-electron chi connectivity index (χ4n) is 1.62. The highest BCUT2D eigenvalue weighted by Gasteiger charge is 2.31. The number of rotatable bonds is 1. The first-order valence-electron chi connectivity index (χ1n) is 4.99. The van der Waals surface area contributed by atoms with Gasteiger partial charge >= 0.3 is 0 Å². The Morgan fingerprint density at radius 2 is 2.38 bits per heavy atom. The van der Waals surface area contributed by atoms with Gasteiger partial charge in [-0.05, 0) is 25.4 Å². The van der Waals surface area contributed by atoms with Crippen molar-refractivity contribution in [2.45, 2.75) is 19.9 Å². The summed E-state index contributed by atoms with van der Waals surface area (Å²) in [5, 5.41) is 6.51. The van der Waals surface area contributed by atoms with Gasteiger partial charge in [-0.25, -0.2) is 0 Å². The zero-order valence-electron chi connectivity index (χ0n) is 9.06. The van der Waals surface area contributed by atoms with Crippen molar-refractivity contribution in [3.8, 4) is 0 Å². The third kappa shape index (κ3) is 1.78. The molecule has 0 radical (unpaired) electrons. The molecule has 2 rings (SSSR count). The number of nitrogens with one attached hydrogen (secondary N) is 1. The predicted octanol–water partition coefficient (Wildman–Crippen LogP) is -0.193. The first-order valence-corrected chi connectivity index (χ1v) is 5.76. The van der Waals surface area contributed by atoms with Crippen LogP contribution in [0.4, 0.5) is 0 Å². The Morgan fingerprint density at radius 1 is 1.62 bits per heavy atom. The van der Waals surface area contributed by atoms with E-state index in [4.69, 9.17) is 0 Å². The average Bonchev–Trinajstić information content (AvgIpc) is 2.68. The van der Waals surface area contributed by atoms with Crippen molar-refractivity contribution >= 4 is 23.3 Å². The molecule has 1 saturated heterocycles. The van der Waals surface area contributed by atoms with E-state index in [9.17, 15) is 9.59 Å². The van der Waals surface area contributed by atoms with Gasteiger partial charge in [0.25, 0.3) is 5.91 Å². The lowest BCUT2D eigenvalue weighted by atomic mass is 10.2. The number of nitrogens with zero attached hydrogens (tertiary/aromatic N) is 3. The van der Waals surface area contributed by atoms with Crippen LogP contribution in [0.2, 0.25) is 0 Å². The first kappa shape index (κ1) is 11.0. The Bertz CT molecular complexity index is 431. The number of hydrogen-bond donors (Lipinski definition) is 1. The van der Waals surface area contributed by atoms with E-state index in [0.29, 0.717) is 23.7 Å². The van der Waals surface area contributed by atoms with Crippen molar-refractivity contribution in [1.82, 2.24) is 19.8 Å². The van der Waals surface area contributed by atoms with Gasteiger partial charge in [-0.3, -0.25) is 9.59 Å². The maximum Gasteiger partial charge on any atom is 0.268 e. The van der Waals surface area contributed by atoms with Gasteiger partial charge < -0.3 is 10.2 Å². The molecule has 86 valence electrons. The minimum Gasteiger partial charge on any atom is -0.353 e. The molecule has 0 bridgehead atoms. The summed E-state index contributed by atoms with van der Waals surface area (Å²) in [5.74, 6) is -0.274. The summed E-state index contributed by atoms with van der Waals surface area (Å²) in [6.07, 6.45) is 0. The monoisotopic (exact) mass is 240 g/mol. The van der Waals surface area contributed by atoms with Crippen molar-refractivity contribution in [3.05, 3.63) is 10.6 Å². The number of piperazine rings is 1. The van der Waals surface area contributed by atoms with E-state index in [1.165, 1.54) is 0 Å². The maximum absolute atomic E-state index is 12.1. The van der Waals surface area contributed by atoms with Crippen molar-refractivity contribution < 1.29 is 9.59 Å². The van der Waals surface area contributed by atoms with Crippen LogP contribution in [0.25, 0.3) is 0 Å². The van der Waals surface area contributed by atoms with Crippen LogP contribution < -0.4 is 5.32 Å². The van der Waals surface area contributed by atoms with Crippen molar-refractivity contribution in [2.75, 3.05) is 13.1 Å². The molecule has 0 aliphatic carbocycles. The lowest BCUT2D eigenvalue weighted by molar-refractivity contribution is -0.127. The van der Waals surface area contributed by atoms with E-state index < -0.39 is 6.04 Å². The van der Waals surface area contributed by atoms with E-state index in [-0.39, 0.29) is 11.8 Å². The molecule has 1 fully saturated rings. The van der Waals surface area contributed by atoms with Crippen LogP contribution in [-0.4, -0.2) is 45.4 Å². The van der Waals surface area contributed by atoms with Gasteiger partial charge in [-0.2, -0.15) is 0 Å². The Kier molecular flexibility index (Phi) is 2.86. The van der Waals surface area contributed by atoms with Crippen LogP contribution in [0, 0.1) is 6.92 Å². The van der Waals surface area contributed by atoms with Gasteiger partial charge in [0.1, 0.15) is 10.9 Å². The lowest BCUT2D eigenvalue weighted by Crippen LogP contribution is -2.55. The van der Waals surface area contributed by atoms with Gasteiger partial charge in [0.05, 0.1) is 5.69 Å². The molecule has 2 heterocycles. The van der Waals surface area contributed by atoms with E-state index in [1.54, 1.807) is 18.7 Å². The highest BCUT2D eigenvalue weighted by Crippen LogP contribution is 2.15. The minimum atomic E-state index is -0.428. The van der Waals surface area contributed by atoms with E-state index >= 15 is 0 Å². The summed E-state index contributed by atoms with van der Waals surface area (Å²) in [7, 11) is 0. The van der Waals surface area contributed by atoms with Gasteiger partial charge in [-0.15, -0.1) is 5.10 Å². The van der Waals surface area contributed by atoms with Gasteiger partial charge in [-0.1, -0.05) is 4.49 Å². The van der Waals surface area contributed by atoms with Gasteiger partial charge in [0, 0.05) is 13.1 Å². The standard InChI is InChI=1S/C9H12N4O2S/c1-5-7(16-12-11-5)9(15)13-4-3-10-8(14)6(13)2/h6H,3-4H2,1-2H3,(H,10,14). The highest BCUT2D eigenvalue weighted by atomic mass is 32.1. The molecule has 0 saturated carbocycles. The van der Waals surface area contributed by atoms with Crippen LogP contribution in [0.1, 0.15) is 22.3 Å². The summed E-state index contributed by atoms with van der Waals surface area (Å²) < 4.78 is 3.73. The molecular weight excluding hydrogens is 228 g/mol. The minimum absolute atomic E-state index is 0.116. The van der Waals surface area contributed by atoms with Crippen LogP contribution >= 0.6 is 11.5 Å². The maximum atomic E-state index is 12.1. The summed E-state index contributed by atoms with van der Waals surface area (Å²) in [6, 6.07) is -0.428. The zero-order valence-corrected chi connectivity index (χ0v) is 9.87. The highest BCUT2D eigenvalue weighted by molar-refractivity contribution is 7.07. The molecule has 6 nitrogen and oxygen atoms in total. The smallest absolute Gasteiger partial charge is 0.268 e. The lowest BCUT2D eigenvalue weighted by Gasteiger charge is -2.32. The van der Waals surface area contributed by atoms with Crippen LogP contribution in [0.15, 0.2) is 0 Å². The quantitative estimate of drug-likeness (QED) is 0.738. The second kappa shape index (κ2) is 4.17. The number of carbonyl (C=O) groups excluding carboxylic acids is 2. The number of carbonyl (C=O) groups is 2. The van der Waals surface area contributed by atoms with Crippen molar-refractivity contribution in [2.24, 2.45) is 0 Å². The molecule has 1 atom stereocenters. The van der Waals surface area contributed by atoms with Crippen molar-refractivity contribution in [3.63, 3.8) is 0 Å². The number of amides is 2. The summed E-state index contributed by atoms with van der Waals surface area (Å²) in [5.41, 5.74) is 0.619. The molecule has 0 aromatic carbocycles. The molecule has 1 aliphatic heterocycles. The molecule has 7 heteroatoms. The molecule has 1 N–H and O–H groups in total. The van der Waals surface area contributed by atoms with Gasteiger partial charge in [0.2, 0.25) is 5.91 Å². The van der Waals surface area contributed by atoms with Crippen LogP contribution in [0.3, 0.4) is 0 Å². The Hall–Kier alpha value is -1.50. The van der Waals surface area contributed by atoms with Crippen LogP contribution in [-0.2, 0) is 4.79 Å². The molecular formula is C9H12N4O2S. The molecule has 1 aliphatic rings. The normalized spacial score (nSPS) is 20.8. The molecule has 0 spiro atoms. The second-order valence-corrected chi connectivity index (χ2v) is 4.41. The molecule has 16 heavy (non-hydrogen) atoms. The second-order valence-electron chi connectivity index (χ2n) is 3.65. The summed E-state index contributed by atoms with van der Waals surface area (Å²) >= 11 is 1.07. The molecule has 1 unspecified atom stereocenters. The third-order valence-corrected chi connectivity index (χ3v) is 3.42. The SMILES string of the molecule is Cc1nnsc1C(=O)N1CCNC(=O)C1C. The van der Waals surface area contributed by atoms with E-state index in [0.717, 1.165) is 11.5 Å². The summed E-state index contributed by atoms with van der Waals surface area (Å²) in [4.78, 5) is 25.6. The number of aromatic nitrogens is 2. The van der Waals surface area contributed by atoms with E-state index in [1.807, 2.05) is 0 Å². The summed E-state index contributed by atoms with van der Waals surface area (Å²) in [6.45, 7) is 4.49. The molecule has 1 aromatic heterocycles. The average molecular weight is 240 g/mol. The van der Waals surface area contributed by atoms with E-state index in [2.05, 4.69) is 14.9 Å². The Balaban J connectivity index is 2.22. The first-order chi connectivity index (χ1) is 7.61. The van der Waals surface area contributed by atoms with Crippen molar-refractivity contribution in [1.29, 1.82) is 0 Å². The topological polar surface area (TPSA) is 75.2 Å². The van der Waals surface area contributed by atoms with Crippen LogP contribution in [0.5, 0.6) is 0 Å². The fraction of sp³-hybridized carbons (Fsp3) is 0.556. The third-order valence-electron chi connectivity index (χ3n) is 2.61.